The normalized spacial score (nSPS) is 12.0. The highest BCUT2D eigenvalue weighted by Gasteiger charge is 2.31. The molecule has 2 aromatic carbocycles. The number of carbonyl (C=O) groups is 1. The maximum atomic E-state index is 13.0. The molecule has 0 unspecified atom stereocenters. The van der Waals surface area contributed by atoms with Gasteiger partial charge in [0.1, 0.15) is 17.2 Å². The van der Waals surface area contributed by atoms with Crippen molar-refractivity contribution in [3.05, 3.63) is 58.2 Å². The fourth-order valence-electron chi connectivity index (χ4n) is 3.38. The van der Waals surface area contributed by atoms with E-state index in [1.54, 1.807) is 23.6 Å². The van der Waals surface area contributed by atoms with Gasteiger partial charge < -0.3 is 29.2 Å². The Balaban J connectivity index is 1.95. The van der Waals surface area contributed by atoms with Gasteiger partial charge in [-0.1, -0.05) is 0 Å². The van der Waals surface area contributed by atoms with Crippen LogP contribution in [0, 0.1) is 0 Å². The lowest BCUT2D eigenvalue weighted by Crippen LogP contribution is -2.23. The molecule has 0 saturated carbocycles. The molecular weight excluding hydrogens is 499 g/mol. The molecule has 1 heterocycles. The van der Waals surface area contributed by atoms with Crippen LogP contribution in [0.5, 0.6) is 17.2 Å². The summed E-state index contributed by atoms with van der Waals surface area (Å²) >= 11 is 1.24. The van der Waals surface area contributed by atoms with Gasteiger partial charge in [-0.25, -0.2) is 0 Å². The minimum Gasteiger partial charge on any atom is -0.497 e. The number of halogens is 3. The van der Waals surface area contributed by atoms with E-state index in [-0.39, 0.29) is 17.9 Å². The fraction of sp³-hybridized carbons (Fsp3) is 0.333. The number of hydrogen-bond donors (Lipinski definition) is 2. The van der Waals surface area contributed by atoms with E-state index < -0.39 is 12.3 Å². The van der Waals surface area contributed by atoms with Crippen molar-refractivity contribution in [1.82, 2.24) is 9.88 Å². The molecule has 0 fully saturated rings. The Hall–Kier alpha value is -3.35. The molecule has 3 aromatic rings. The van der Waals surface area contributed by atoms with Crippen LogP contribution in [0.1, 0.15) is 16.8 Å². The number of benzene rings is 2. The zero-order chi connectivity index (χ0) is 26.1. The predicted octanol–water partition coefficient (Wildman–Crippen LogP) is 3.85. The number of hydrogen-bond acceptors (Lipinski definition) is 7. The first-order valence-electron chi connectivity index (χ1n) is 10.9. The van der Waals surface area contributed by atoms with Crippen molar-refractivity contribution in [3.8, 4) is 28.5 Å². The van der Waals surface area contributed by atoms with Gasteiger partial charge in [0.25, 0.3) is 5.91 Å². The summed E-state index contributed by atoms with van der Waals surface area (Å²) in [7, 11) is 2.95. The molecule has 0 bridgehead atoms. The first kappa shape index (κ1) is 27.2. The average molecular weight is 526 g/mol. The molecule has 0 aliphatic rings. The Labute approximate surface area is 209 Å². The molecule has 36 heavy (non-hydrogen) atoms. The van der Waals surface area contributed by atoms with E-state index in [0.29, 0.717) is 53.6 Å². The Kier molecular flexibility index (Phi) is 9.51. The number of aliphatic hydroxyl groups excluding tert-OH is 1. The van der Waals surface area contributed by atoms with Gasteiger partial charge in [0.2, 0.25) is 0 Å². The van der Waals surface area contributed by atoms with Crippen LogP contribution in [-0.4, -0.2) is 55.9 Å². The quantitative estimate of drug-likeness (QED) is 0.370. The number of amides is 1. The van der Waals surface area contributed by atoms with Crippen molar-refractivity contribution < 1.29 is 37.3 Å². The van der Waals surface area contributed by atoms with E-state index in [4.69, 9.17) is 14.6 Å². The zero-order valence-electron chi connectivity index (χ0n) is 19.7. The van der Waals surface area contributed by atoms with E-state index in [9.17, 15) is 18.0 Å². The number of aliphatic hydroxyl groups is 1. The topological polar surface area (TPSA) is 94.3 Å². The Morgan fingerprint density at radius 3 is 2.44 bits per heavy atom. The fourth-order valence-corrected chi connectivity index (χ4v) is 4.31. The van der Waals surface area contributed by atoms with Crippen LogP contribution in [0.25, 0.3) is 11.3 Å². The molecule has 0 radical (unpaired) electrons. The molecule has 1 aromatic heterocycles. The van der Waals surface area contributed by atoms with Crippen molar-refractivity contribution in [3.63, 3.8) is 0 Å². The highest BCUT2D eigenvalue weighted by molar-refractivity contribution is 7.07. The molecule has 0 atom stereocenters. The molecular formula is C24H26F3N3O5S. The van der Waals surface area contributed by atoms with Crippen molar-refractivity contribution >= 4 is 17.2 Å². The second-order valence-corrected chi connectivity index (χ2v) is 8.27. The molecule has 194 valence electrons. The average Bonchev–Trinajstić information content (AvgIpc) is 3.25. The lowest BCUT2D eigenvalue weighted by atomic mass is 10.1. The Bertz CT molecular complexity index is 1220. The summed E-state index contributed by atoms with van der Waals surface area (Å²) in [4.78, 5) is 17.8. The molecule has 0 aliphatic heterocycles. The molecule has 0 spiro atoms. The van der Waals surface area contributed by atoms with Crippen LogP contribution in [0.15, 0.2) is 52.8 Å². The number of nitrogens with one attached hydrogen (secondary N) is 1. The summed E-state index contributed by atoms with van der Waals surface area (Å²) in [6.07, 6.45) is -4.12. The Morgan fingerprint density at radius 1 is 1.08 bits per heavy atom. The lowest BCUT2D eigenvalue weighted by molar-refractivity contribution is -0.274. The first-order chi connectivity index (χ1) is 17.3. The maximum Gasteiger partial charge on any atom is 0.573 e. The molecule has 2 N–H and O–H groups in total. The minimum absolute atomic E-state index is 0.0158. The van der Waals surface area contributed by atoms with Crippen molar-refractivity contribution in [2.75, 3.05) is 33.9 Å². The van der Waals surface area contributed by atoms with Gasteiger partial charge in [-0.2, -0.15) is 4.99 Å². The van der Waals surface area contributed by atoms with Crippen LogP contribution in [0.2, 0.25) is 0 Å². The summed E-state index contributed by atoms with van der Waals surface area (Å²) in [5, 5.41) is 13.8. The van der Waals surface area contributed by atoms with Crippen molar-refractivity contribution in [2.45, 2.75) is 19.3 Å². The van der Waals surface area contributed by atoms with Crippen LogP contribution >= 0.6 is 11.3 Å². The van der Waals surface area contributed by atoms with Gasteiger partial charge >= 0.3 is 6.36 Å². The number of thiazole rings is 1. The third kappa shape index (κ3) is 7.33. The van der Waals surface area contributed by atoms with E-state index >= 15 is 0 Å². The zero-order valence-corrected chi connectivity index (χ0v) is 20.5. The van der Waals surface area contributed by atoms with Gasteiger partial charge in [0, 0.05) is 24.5 Å². The maximum absolute atomic E-state index is 13.0. The molecule has 3 rings (SSSR count). The number of methoxy groups -OCH3 is 2. The minimum atomic E-state index is -4.78. The van der Waals surface area contributed by atoms with Gasteiger partial charge in [-0.3, -0.25) is 4.79 Å². The largest absolute Gasteiger partial charge is 0.573 e. The monoisotopic (exact) mass is 525 g/mol. The molecule has 0 saturated heterocycles. The summed E-state index contributed by atoms with van der Waals surface area (Å²) in [5.74, 6) is 0.0157. The molecule has 12 heteroatoms. The highest BCUT2D eigenvalue weighted by atomic mass is 32.1. The number of ether oxygens (including phenoxy) is 3. The van der Waals surface area contributed by atoms with Crippen LogP contribution in [0.4, 0.5) is 13.2 Å². The summed E-state index contributed by atoms with van der Waals surface area (Å²) in [5.41, 5.74) is 1.59. The second kappa shape index (κ2) is 12.6. The van der Waals surface area contributed by atoms with Gasteiger partial charge in [0.15, 0.2) is 4.80 Å². The number of nitrogens with zero attached hydrogens (tertiary/aromatic N) is 2. The smallest absolute Gasteiger partial charge is 0.497 e. The molecule has 0 aliphatic carbocycles. The first-order valence-corrected chi connectivity index (χ1v) is 11.8. The highest BCUT2D eigenvalue weighted by Crippen LogP contribution is 2.28. The van der Waals surface area contributed by atoms with Gasteiger partial charge in [-0.05, 0) is 54.9 Å². The van der Waals surface area contributed by atoms with E-state index in [0.717, 1.165) is 0 Å². The van der Waals surface area contributed by atoms with E-state index in [2.05, 4.69) is 15.0 Å². The third-order valence-electron chi connectivity index (χ3n) is 5.04. The van der Waals surface area contributed by atoms with Crippen molar-refractivity contribution in [1.29, 1.82) is 0 Å². The number of aromatic nitrogens is 1. The lowest BCUT2D eigenvalue weighted by Gasteiger charge is -2.12. The Morgan fingerprint density at radius 2 is 1.81 bits per heavy atom. The second-order valence-electron chi connectivity index (χ2n) is 7.44. The predicted molar refractivity (Wildman–Crippen MR) is 128 cm³/mol. The van der Waals surface area contributed by atoms with Crippen LogP contribution < -0.4 is 24.3 Å². The summed E-state index contributed by atoms with van der Waals surface area (Å²) in [6.45, 7) is 1.56. The van der Waals surface area contributed by atoms with Gasteiger partial charge in [0.05, 0.1) is 32.1 Å². The number of carbonyl (C=O) groups excluding carboxylic acids is 1. The number of rotatable bonds is 11. The van der Waals surface area contributed by atoms with E-state index in [1.165, 1.54) is 49.8 Å². The van der Waals surface area contributed by atoms with Crippen LogP contribution in [0.3, 0.4) is 0 Å². The van der Waals surface area contributed by atoms with Crippen LogP contribution in [-0.2, 0) is 6.54 Å². The SMILES string of the molecule is COc1ccc(C(=O)/N=c2\scc(-c3ccc(OC(F)(F)F)cc3)n2CCCNCCO)c(OC)c1. The summed E-state index contributed by atoms with van der Waals surface area (Å²) in [6, 6.07) is 10.3. The van der Waals surface area contributed by atoms with E-state index in [1.807, 2.05) is 4.57 Å². The molecule has 1 amide bonds. The molecule has 8 nitrogen and oxygen atoms in total. The van der Waals surface area contributed by atoms with Crippen molar-refractivity contribution in [2.24, 2.45) is 4.99 Å². The number of alkyl halides is 3. The summed E-state index contributed by atoms with van der Waals surface area (Å²) < 4.78 is 53.8. The van der Waals surface area contributed by atoms with Gasteiger partial charge in [-0.15, -0.1) is 24.5 Å². The standard InChI is InChI=1S/C24H26F3N3O5S/c1-33-18-8-9-19(21(14-18)34-2)22(32)29-23-30(12-3-10-28-11-13-31)20(15-36-23)16-4-6-17(7-5-16)35-24(25,26)27/h4-9,14-15,28,31H,3,10-13H2,1-2H3/b29-23-. The third-order valence-corrected chi connectivity index (χ3v) is 5.91.